The van der Waals surface area contributed by atoms with Gasteiger partial charge in [-0.25, -0.2) is 0 Å². The number of amides is 1. The maximum absolute atomic E-state index is 12.7. The molecular formula is C16H27Cl2N3OS. The van der Waals surface area contributed by atoms with Gasteiger partial charge in [0.05, 0.1) is 5.54 Å². The van der Waals surface area contributed by atoms with E-state index in [0.717, 1.165) is 58.4 Å². The fourth-order valence-corrected chi connectivity index (χ4v) is 4.19. The van der Waals surface area contributed by atoms with Crippen molar-refractivity contribution in [1.82, 2.24) is 9.80 Å². The highest BCUT2D eigenvalue weighted by atomic mass is 35.5. The number of nitrogens with zero attached hydrogens (tertiary/aromatic N) is 2. The van der Waals surface area contributed by atoms with Gasteiger partial charge in [-0.2, -0.15) is 0 Å². The van der Waals surface area contributed by atoms with Crippen LogP contribution in [0, 0.1) is 0 Å². The van der Waals surface area contributed by atoms with Gasteiger partial charge in [0.1, 0.15) is 0 Å². The van der Waals surface area contributed by atoms with Gasteiger partial charge in [-0.1, -0.05) is 25.3 Å². The number of hydrogen-bond donors (Lipinski definition) is 1. The van der Waals surface area contributed by atoms with Crippen molar-refractivity contribution in [2.45, 2.75) is 44.2 Å². The fraction of sp³-hybridized carbons (Fsp3) is 0.688. The summed E-state index contributed by atoms with van der Waals surface area (Å²) in [6.07, 6.45) is 5.14. The molecule has 1 aliphatic heterocycles. The molecule has 2 aliphatic rings. The molecule has 2 heterocycles. The molecule has 1 amide bonds. The molecule has 2 fully saturated rings. The molecule has 2 N–H and O–H groups in total. The number of carbonyl (C=O) groups is 1. The summed E-state index contributed by atoms with van der Waals surface area (Å²) < 4.78 is 0. The van der Waals surface area contributed by atoms with Crippen LogP contribution in [0.15, 0.2) is 17.5 Å². The minimum Gasteiger partial charge on any atom is -0.339 e. The number of rotatable bonds is 3. The summed E-state index contributed by atoms with van der Waals surface area (Å²) in [4.78, 5) is 18.5. The van der Waals surface area contributed by atoms with Crippen LogP contribution in [0.3, 0.4) is 0 Å². The molecule has 7 heteroatoms. The Hall–Kier alpha value is -0.330. The minimum atomic E-state index is -0.575. The molecule has 0 aromatic carbocycles. The second-order valence-electron chi connectivity index (χ2n) is 6.36. The predicted molar refractivity (Wildman–Crippen MR) is 101 cm³/mol. The van der Waals surface area contributed by atoms with Crippen molar-refractivity contribution in [3.8, 4) is 0 Å². The van der Waals surface area contributed by atoms with Crippen LogP contribution in [0.4, 0.5) is 0 Å². The second-order valence-corrected chi connectivity index (χ2v) is 7.40. The van der Waals surface area contributed by atoms with Crippen molar-refractivity contribution in [3.05, 3.63) is 22.4 Å². The quantitative estimate of drug-likeness (QED) is 0.877. The first-order chi connectivity index (χ1) is 10.2. The van der Waals surface area contributed by atoms with Gasteiger partial charge >= 0.3 is 0 Å². The molecule has 23 heavy (non-hydrogen) atoms. The zero-order valence-electron chi connectivity index (χ0n) is 13.4. The summed E-state index contributed by atoms with van der Waals surface area (Å²) in [5.41, 5.74) is 5.80. The first-order valence-electron chi connectivity index (χ1n) is 8.00. The molecule has 1 aromatic heterocycles. The van der Waals surface area contributed by atoms with Crippen molar-refractivity contribution < 1.29 is 4.79 Å². The largest absolute Gasteiger partial charge is 0.339 e. The summed E-state index contributed by atoms with van der Waals surface area (Å²) in [5.74, 6) is 0.193. The Morgan fingerprint density at radius 2 is 1.78 bits per heavy atom. The van der Waals surface area contributed by atoms with Gasteiger partial charge < -0.3 is 10.6 Å². The van der Waals surface area contributed by atoms with E-state index in [1.54, 1.807) is 11.3 Å². The smallest absolute Gasteiger partial charge is 0.242 e. The first kappa shape index (κ1) is 20.7. The van der Waals surface area contributed by atoms with Crippen LogP contribution >= 0.6 is 36.2 Å². The van der Waals surface area contributed by atoms with Crippen LogP contribution in [-0.4, -0.2) is 47.4 Å². The van der Waals surface area contributed by atoms with E-state index in [0.29, 0.717) is 0 Å². The van der Waals surface area contributed by atoms with E-state index in [9.17, 15) is 4.79 Å². The van der Waals surface area contributed by atoms with Crippen LogP contribution in [-0.2, 0) is 11.3 Å². The standard InChI is InChI=1S/C16H25N3OS.2ClH/c17-16(6-2-1-3-7-16)15(20)19-10-8-18(9-11-19)13-14-5-4-12-21-14;;/h4-5,12H,1-3,6-11,13,17H2;2*1H. The second kappa shape index (κ2) is 9.23. The van der Waals surface area contributed by atoms with E-state index >= 15 is 0 Å². The van der Waals surface area contributed by atoms with Gasteiger partial charge in [0.2, 0.25) is 5.91 Å². The maximum atomic E-state index is 12.7. The lowest BCUT2D eigenvalue weighted by atomic mass is 9.81. The van der Waals surface area contributed by atoms with Crippen LogP contribution in [0.5, 0.6) is 0 Å². The number of piperazine rings is 1. The minimum absolute atomic E-state index is 0. The number of thiophene rings is 1. The van der Waals surface area contributed by atoms with E-state index in [2.05, 4.69) is 22.4 Å². The molecule has 1 saturated carbocycles. The van der Waals surface area contributed by atoms with Gasteiger partial charge in [-0.3, -0.25) is 9.69 Å². The summed E-state index contributed by atoms with van der Waals surface area (Å²) in [5, 5.41) is 2.12. The zero-order chi connectivity index (χ0) is 14.7. The third kappa shape index (κ3) is 5.07. The van der Waals surface area contributed by atoms with E-state index in [1.165, 1.54) is 11.3 Å². The monoisotopic (exact) mass is 379 g/mol. The van der Waals surface area contributed by atoms with Crippen LogP contribution in [0.1, 0.15) is 37.0 Å². The van der Waals surface area contributed by atoms with Crippen molar-refractivity contribution in [2.75, 3.05) is 26.2 Å². The number of carbonyl (C=O) groups excluding carboxylic acids is 1. The number of halogens is 2. The van der Waals surface area contributed by atoms with E-state index in [4.69, 9.17) is 5.73 Å². The Bertz CT molecular complexity index is 470. The highest BCUT2D eigenvalue weighted by molar-refractivity contribution is 7.09. The maximum Gasteiger partial charge on any atom is 0.242 e. The SMILES string of the molecule is Cl.Cl.NC1(C(=O)N2CCN(Cc3cccs3)CC2)CCCCC1. The fourth-order valence-electron chi connectivity index (χ4n) is 3.44. The average molecular weight is 380 g/mol. The topological polar surface area (TPSA) is 49.6 Å². The molecule has 1 aliphatic carbocycles. The van der Waals surface area contributed by atoms with Crippen molar-refractivity contribution in [2.24, 2.45) is 5.73 Å². The molecule has 0 radical (unpaired) electrons. The zero-order valence-corrected chi connectivity index (χ0v) is 15.9. The molecule has 1 saturated heterocycles. The third-order valence-electron chi connectivity index (χ3n) is 4.79. The van der Waals surface area contributed by atoms with Gasteiger partial charge in [0.15, 0.2) is 0 Å². The lowest BCUT2D eigenvalue weighted by molar-refractivity contribution is -0.140. The van der Waals surface area contributed by atoms with Gasteiger partial charge in [-0.15, -0.1) is 36.2 Å². The van der Waals surface area contributed by atoms with Gasteiger partial charge in [-0.05, 0) is 24.3 Å². The molecule has 1 aromatic rings. The summed E-state index contributed by atoms with van der Waals surface area (Å²) in [6, 6.07) is 4.28. The first-order valence-corrected chi connectivity index (χ1v) is 8.88. The van der Waals surface area contributed by atoms with Gasteiger partial charge in [0.25, 0.3) is 0 Å². The predicted octanol–water partition coefficient (Wildman–Crippen LogP) is 2.90. The van der Waals surface area contributed by atoms with E-state index < -0.39 is 5.54 Å². The number of nitrogens with two attached hydrogens (primary N) is 1. The average Bonchev–Trinajstić information content (AvgIpc) is 3.01. The highest BCUT2D eigenvalue weighted by Gasteiger charge is 2.39. The Labute approximate surface area is 155 Å². The molecule has 132 valence electrons. The van der Waals surface area contributed by atoms with Crippen LogP contribution < -0.4 is 5.73 Å². The number of hydrogen-bond acceptors (Lipinski definition) is 4. The Morgan fingerprint density at radius 1 is 1.13 bits per heavy atom. The molecular weight excluding hydrogens is 353 g/mol. The van der Waals surface area contributed by atoms with Gasteiger partial charge in [0, 0.05) is 37.6 Å². The molecule has 0 bridgehead atoms. The molecule has 3 rings (SSSR count). The van der Waals surface area contributed by atoms with E-state index in [-0.39, 0.29) is 30.7 Å². The normalized spacial score (nSPS) is 21.2. The van der Waals surface area contributed by atoms with Crippen molar-refractivity contribution in [1.29, 1.82) is 0 Å². The Morgan fingerprint density at radius 3 is 2.35 bits per heavy atom. The molecule has 0 spiro atoms. The van der Waals surface area contributed by atoms with Crippen molar-refractivity contribution >= 4 is 42.1 Å². The lowest BCUT2D eigenvalue weighted by Gasteiger charge is -2.41. The van der Waals surface area contributed by atoms with Crippen molar-refractivity contribution in [3.63, 3.8) is 0 Å². The van der Waals surface area contributed by atoms with Crippen LogP contribution in [0.2, 0.25) is 0 Å². The molecule has 0 unspecified atom stereocenters. The Balaban J connectivity index is 0.00000132. The van der Waals surface area contributed by atoms with Crippen LogP contribution in [0.25, 0.3) is 0 Å². The molecule has 0 atom stereocenters. The third-order valence-corrected chi connectivity index (χ3v) is 5.65. The highest BCUT2D eigenvalue weighted by Crippen LogP contribution is 2.28. The summed E-state index contributed by atoms with van der Waals surface area (Å²) in [7, 11) is 0. The Kier molecular flexibility index (Phi) is 8.31. The summed E-state index contributed by atoms with van der Waals surface area (Å²) >= 11 is 1.80. The lowest BCUT2D eigenvalue weighted by Crippen LogP contribution is -2.60. The summed E-state index contributed by atoms with van der Waals surface area (Å²) in [6.45, 7) is 4.57. The molecule has 4 nitrogen and oxygen atoms in total. The van der Waals surface area contributed by atoms with E-state index in [1.807, 2.05) is 4.90 Å².